The molecule has 2 bridgehead atoms. The van der Waals surface area contributed by atoms with Crippen LogP contribution < -0.4 is 0 Å². The molecule has 19 heavy (non-hydrogen) atoms. The second-order valence-corrected chi connectivity index (χ2v) is 7.05. The summed E-state index contributed by atoms with van der Waals surface area (Å²) in [4.78, 5) is 0.242. The van der Waals surface area contributed by atoms with Crippen molar-refractivity contribution in [2.24, 2.45) is 17.8 Å². The normalized spacial score (nSPS) is 29.6. The Morgan fingerprint density at radius 3 is 2.47 bits per heavy atom. The Labute approximate surface area is 114 Å². The molecule has 1 aromatic carbocycles. The highest BCUT2D eigenvalue weighted by molar-refractivity contribution is 7.86. The van der Waals surface area contributed by atoms with E-state index in [-0.39, 0.29) is 4.90 Å². The van der Waals surface area contributed by atoms with Crippen LogP contribution in [0.4, 0.5) is 0 Å². The maximum absolute atomic E-state index is 12.0. The summed E-state index contributed by atoms with van der Waals surface area (Å²) in [7, 11) is -3.60. The Hall–Kier alpha value is -1.13. The van der Waals surface area contributed by atoms with Gasteiger partial charge in [-0.1, -0.05) is 30.4 Å². The molecule has 2 unspecified atom stereocenters. The maximum atomic E-state index is 12.0. The fourth-order valence-electron chi connectivity index (χ4n) is 3.08. The summed E-state index contributed by atoms with van der Waals surface area (Å²) < 4.78 is 29.3. The molecule has 1 aromatic rings. The first-order valence-electron chi connectivity index (χ1n) is 6.78. The topological polar surface area (TPSA) is 43.4 Å². The Kier molecular flexibility index (Phi) is 3.46. The van der Waals surface area contributed by atoms with Gasteiger partial charge in [0.2, 0.25) is 0 Å². The van der Waals surface area contributed by atoms with E-state index in [0.29, 0.717) is 24.4 Å². The molecule has 0 aliphatic heterocycles. The van der Waals surface area contributed by atoms with Crippen molar-refractivity contribution in [2.45, 2.75) is 24.2 Å². The van der Waals surface area contributed by atoms with Crippen molar-refractivity contribution in [2.75, 3.05) is 6.61 Å². The first kappa shape index (κ1) is 12.9. The molecule has 0 amide bonds. The Morgan fingerprint density at radius 2 is 1.89 bits per heavy atom. The molecule has 4 heteroatoms. The molecule has 0 heterocycles. The molecule has 3 nitrogen and oxygen atoms in total. The molecule has 4 rings (SSSR count). The van der Waals surface area contributed by atoms with Crippen molar-refractivity contribution < 1.29 is 12.6 Å². The summed E-state index contributed by atoms with van der Waals surface area (Å²) in [6, 6.07) is 8.36. The highest BCUT2D eigenvalue weighted by atomic mass is 32.2. The fraction of sp³-hybridized carbons (Fsp3) is 0.467. The first-order valence-corrected chi connectivity index (χ1v) is 8.19. The van der Waals surface area contributed by atoms with E-state index in [4.69, 9.17) is 4.18 Å². The van der Waals surface area contributed by atoms with Gasteiger partial charge in [0.25, 0.3) is 10.1 Å². The lowest BCUT2D eigenvalue weighted by atomic mass is 9.69. The lowest BCUT2D eigenvalue weighted by Crippen LogP contribution is -2.31. The minimum Gasteiger partial charge on any atom is -0.266 e. The molecule has 1 saturated carbocycles. The van der Waals surface area contributed by atoms with E-state index >= 15 is 0 Å². The van der Waals surface area contributed by atoms with Crippen LogP contribution in [0, 0.1) is 17.8 Å². The third-order valence-corrected chi connectivity index (χ3v) is 5.48. The zero-order valence-electron chi connectivity index (χ0n) is 10.7. The van der Waals surface area contributed by atoms with Crippen LogP contribution in [0.2, 0.25) is 0 Å². The summed E-state index contributed by atoms with van der Waals surface area (Å²) in [5.41, 5.74) is 0. The van der Waals surface area contributed by atoms with Gasteiger partial charge in [-0.05, 0) is 49.1 Å². The second-order valence-electron chi connectivity index (χ2n) is 5.43. The van der Waals surface area contributed by atoms with Gasteiger partial charge in [-0.25, -0.2) is 0 Å². The van der Waals surface area contributed by atoms with E-state index in [9.17, 15) is 8.42 Å². The van der Waals surface area contributed by atoms with Crippen molar-refractivity contribution in [3.63, 3.8) is 0 Å². The SMILES string of the molecule is O=S(=O)(OC[C@H]1CC2C=CC1CC2)c1ccccc1. The predicted molar refractivity (Wildman–Crippen MR) is 73.0 cm³/mol. The van der Waals surface area contributed by atoms with Gasteiger partial charge in [-0.2, -0.15) is 8.42 Å². The highest BCUT2D eigenvalue weighted by Crippen LogP contribution is 2.40. The van der Waals surface area contributed by atoms with Crippen molar-refractivity contribution in [3.8, 4) is 0 Å². The predicted octanol–water partition coefficient (Wildman–Crippen LogP) is 2.99. The largest absolute Gasteiger partial charge is 0.296 e. The molecule has 102 valence electrons. The minimum absolute atomic E-state index is 0.242. The zero-order valence-corrected chi connectivity index (χ0v) is 11.6. The van der Waals surface area contributed by atoms with Crippen LogP contribution in [-0.2, 0) is 14.3 Å². The summed E-state index contributed by atoms with van der Waals surface area (Å²) in [6.45, 7) is 0.308. The smallest absolute Gasteiger partial charge is 0.266 e. The van der Waals surface area contributed by atoms with E-state index in [1.165, 1.54) is 12.8 Å². The average Bonchev–Trinajstić information content (AvgIpc) is 2.47. The standard InChI is InChI=1S/C15H18O3S/c16-19(17,15-4-2-1-3-5-15)18-11-14-10-12-6-8-13(14)9-7-12/h1-6,8,12-14H,7,9-11H2/t12?,13?,14-/m1/s1. The van der Waals surface area contributed by atoms with Crippen LogP contribution in [0.3, 0.4) is 0 Å². The summed E-state index contributed by atoms with van der Waals surface area (Å²) in [5.74, 6) is 1.47. The number of rotatable bonds is 4. The average molecular weight is 278 g/mol. The lowest BCUT2D eigenvalue weighted by molar-refractivity contribution is 0.146. The van der Waals surface area contributed by atoms with Gasteiger partial charge in [0, 0.05) is 0 Å². The Bertz CT molecular complexity index is 562. The van der Waals surface area contributed by atoms with Gasteiger partial charge >= 0.3 is 0 Å². The molecule has 3 atom stereocenters. The van der Waals surface area contributed by atoms with Crippen LogP contribution in [0.5, 0.6) is 0 Å². The molecule has 3 aliphatic rings. The van der Waals surface area contributed by atoms with Gasteiger partial charge in [0.15, 0.2) is 0 Å². The monoisotopic (exact) mass is 278 g/mol. The molecule has 0 spiro atoms. The zero-order chi connectivity index (χ0) is 13.3. The lowest BCUT2D eigenvalue weighted by Gasteiger charge is -2.37. The number of allylic oxidation sites excluding steroid dienone is 2. The second kappa shape index (κ2) is 5.10. The van der Waals surface area contributed by atoms with Crippen molar-refractivity contribution >= 4 is 10.1 Å². The Balaban J connectivity index is 1.65. The number of hydrogen-bond acceptors (Lipinski definition) is 3. The number of benzene rings is 1. The third-order valence-electron chi connectivity index (χ3n) is 4.18. The van der Waals surface area contributed by atoms with Crippen LogP contribution in [0.15, 0.2) is 47.4 Å². The number of hydrogen-bond donors (Lipinski definition) is 0. The van der Waals surface area contributed by atoms with Gasteiger partial charge < -0.3 is 0 Å². The van der Waals surface area contributed by atoms with Crippen LogP contribution >= 0.6 is 0 Å². The molecule has 3 aliphatic carbocycles. The summed E-state index contributed by atoms with van der Waals surface area (Å²) >= 11 is 0. The van der Waals surface area contributed by atoms with Crippen molar-refractivity contribution in [3.05, 3.63) is 42.5 Å². The van der Waals surface area contributed by atoms with Crippen molar-refractivity contribution in [1.29, 1.82) is 0 Å². The van der Waals surface area contributed by atoms with E-state index in [1.54, 1.807) is 30.3 Å². The molecular formula is C15H18O3S. The fourth-order valence-corrected chi connectivity index (χ4v) is 4.06. The highest BCUT2D eigenvalue weighted by Gasteiger charge is 2.33. The van der Waals surface area contributed by atoms with Crippen molar-refractivity contribution in [1.82, 2.24) is 0 Å². The molecule has 1 fully saturated rings. The number of fused-ring (bicyclic) bond motifs is 2. The van der Waals surface area contributed by atoms with E-state index < -0.39 is 10.1 Å². The maximum Gasteiger partial charge on any atom is 0.296 e. The van der Waals surface area contributed by atoms with E-state index in [2.05, 4.69) is 12.2 Å². The van der Waals surface area contributed by atoms with Gasteiger partial charge in [-0.15, -0.1) is 0 Å². The first-order chi connectivity index (χ1) is 9.15. The van der Waals surface area contributed by atoms with E-state index in [1.807, 2.05) is 0 Å². The van der Waals surface area contributed by atoms with Gasteiger partial charge in [-0.3, -0.25) is 4.18 Å². The minimum atomic E-state index is -3.60. The van der Waals surface area contributed by atoms with Gasteiger partial charge in [0.05, 0.1) is 11.5 Å². The van der Waals surface area contributed by atoms with E-state index in [0.717, 1.165) is 6.42 Å². The summed E-state index contributed by atoms with van der Waals surface area (Å²) in [5, 5.41) is 0. The molecule has 0 N–H and O–H groups in total. The molecule has 0 radical (unpaired) electrons. The Morgan fingerprint density at radius 1 is 1.11 bits per heavy atom. The van der Waals surface area contributed by atoms with Crippen LogP contribution in [0.25, 0.3) is 0 Å². The van der Waals surface area contributed by atoms with Crippen LogP contribution in [0.1, 0.15) is 19.3 Å². The summed E-state index contributed by atoms with van der Waals surface area (Å²) in [6.07, 6.45) is 7.98. The third kappa shape index (κ3) is 2.74. The molecule has 0 saturated heterocycles. The molecule has 0 aromatic heterocycles. The van der Waals surface area contributed by atoms with Gasteiger partial charge in [0.1, 0.15) is 0 Å². The van der Waals surface area contributed by atoms with Crippen LogP contribution in [-0.4, -0.2) is 15.0 Å². The quantitative estimate of drug-likeness (QED) is 0.628. The molecular weight excluding hydrogens is 260 g/mol.